The molecule has 3 heteroatoms. The van der Waals surface area contributed by atoms with E-state index in [0.717, 1.165) is 11.6 Å². The first-order chi connectivity index (χ1) is 6.36. The third-order valence-electron chi connectivity index (χ3n) is 2.58. The Morgan fingerprint density at radius 1 is 1.14 bits per heavy atom. The highest BCUT2D eigenvalue weighted by atomic mass is 35.5. The molecule has 0 spiro atoms. The van der Waals surface area contributed by atoms with Crippen molar-refractivity contribution in [3.05, 3.63) is 34.9 Å². The summed E-state index contributed by atoms with van der Waals surface area (Å²) in [6.45, 7) is 1.15. The van der Waals surface area contributed by atoms with Gasteiger partial charge in [0.25, 0.3) is 0 Å². The minimum atomic E-state index is 0. The first-order valence-corrected chi connectivity index (χ1v) is 5.23. The molecule has 0 saturated carbocycles. The largest absolute Gasteiger partial charge is 0.310 e. The van der Waals surface area contributed by atoms with Crippen LogP contribution >= 0.6 is 24.0 Å². The first kappa shape index (κ1) is 11.8. The van der Waals surface area contributed by atoms with Crippen LogP contribution in [-0.4, -0.2) is 6.54 Å². The average Bonchev–Trinajstić information content (AvgIpc) is 2.20. The van der Waals surface area contributed by atoms with E-state index < -0.39 is 0 Å². The number of rotatable bonds is 1. The van der Waals surface area contributed by atoms with E-state index in [-0.39, 0.29) is 12.4 Å². The van der Waals surface area contributed by atoms with Gasteiger partial charge in [-0.3, -0.25) is 0 Å². The average molecular weight is 232 g/mol. The molecule has 1 unspecified atom stereocenters. The maximum Gasteiger partial charge on any atom is 0.0406 e. The van der Waals surface area contributed by atoms with Gasteiger partial charge in [0.2, 0.25) is 0 Å². The summed E-state index contributed by atoms with van der Waals surface area (Å²) < 4.78 is 0. The predicted octanol–water partition coefficient (Wildman–Crippen LogP) is 3.58. The fraction of sp³-hybridized carbons (Fsp3) is 0.455. The molecule has 0 aliphatic carbocycles. The number of nitrogens with one attached hydrogen (secondary N) is 1. The molecule has 78 valence electrons. The highest BCUT2D eigenvalue weighted by Gasteiger charge is 2.13. The summed E-state index contributed by atoms with van der Waals surface area (Å²) in [7, 11) is 0. The number of halogens is 2. The molecule has 1 nitrogen and oxygen atoms in total. The van der Waals surface area contributed by atoms with E-state index in [4.69, 9.17) is 11.6 Å². The Balaban J connectivity index is 0.000000980. The summed E-state index contributed by atoms with van der Waals surface area (Å²) in [4.78, 5) is 0. The highest BCUT2D eigenvalue weighted by molar-refractivity contribution is 6.30. The van der Waals surface area contributed by atoms with Gasteiger partial charge in [-0.15, -0.1) is 12.4 Å². The SMILES string of the molecule is Cl.Clc1ccc(C2CCCCN2)cc1. The van der Waals surface area contributed by atoms with Crippen molar-refractivity contribution >= 4 is 24.0 Å². The van der Waals surface area contributed by atoms with Crippen molar-refractivity contribution in [3.8, 4) is 0 Å². The number of piperidine rings is 1. The van der Waals surface area contributed by atoms with Crippen LogP contribution in [0.3, 0.4) is 0 Å². The second-order valence-electron chi connectivity index (χ2n) is 3.55. The summed E-state index contributed by atoms with van der Waals surface area (Å²) in [6.07, 6.45) is 3.89. The molecule has 0 amide bonds. The smallest absolute Gasteiger partial charge is 0.0406 e. The fourth-order valence-corrected chi connectivity index (χ4v) is 1.96. The lowest BCUT2D eigenvalue weighted by Crippen LogP contribution is -2.26. The van der Waals surface area contributed by atoms with Gasteiger partial charge in [0.1, 0.15) is 0 Å². The van der Waals surface area contributed by atoms with E-state index in [2.05, 4.69) is 17.4 Å². The second kappa shape index (κ2) is 5.59. The summed E-state index contributed by atoms with van der Waals surface area (Å²) >= 11 is 5.83. The predicted molar refractivity (Wildman–Crippen MR) is 63.3 cm³/mol. The van der Waals surface area contributed by atoms with Crippen molar-refractivity contribution in [3.63, 3.8) is 0 Å². The molecule has 1 aromatic carbocycles. The van der Waals surface area contributed by atoms with Gasteiger partial charge in [-0.25, -0.2) is 0 Å². The van der Waals surface area contributed by atoms with Crippen LogP contribution in [0.4, 0.5) is 0 Å². The van der Waals surface area contributed by atoms with E-state index in [9.17, 15) is 0 Å². The zero-order valence-corrected chi connectivity index (χ0v) is 9.57. The fourth-order valence-electron chi connectivity index (χ4n) is 1.83. The summed E-state index contributed by atoms with van der Waals surface area (Å²) in [5.74, 6) is 0. The molecule has 1 atom stereocenters. The van der Waals surface area contributed by atoms with Crippen molar-refractivity contribution in [2.24, 2.45) is 0 Å². The van der Waals surface area contributed by atoms with E-state index in [0.29, 0.717) is 6.04 Å². The standard InChI is InChI=1S/C11H14ClN.ClH/c12-10-6-4-9(5-7-10)11-3-1-2-8-13-11;/h4-7,11,13H,1-3,8H2;1H. The Morgan fingerprint density at radius 3 is 2.43 bits per heavy atom. The van der Waals surface area contributed by atoms with Crippen molar-refractivity contribution in [2.45, 2.75) is 25.3 Å². The zero-order chi connectivity index (χ0) is 9.10. The van der Waals surface area contributed by atoms with Crippen LogP contribution in [0.1, 0.15) is 30.9 Å². The minimum Gasteiger partial charge on any atom is -0.310 e. The lowest BCUT2D eigenvalue weighted by Gasteiger charge is -2.23. The Kier molecular flexibility index (Phi) is 4.73. The van der Waals surface area contributed by atoms with E-state index in [1.165, 1.54) is 24.8 Å². The molecule has 1 N–H and O–H groups in total. The lowest BCUT2D eigenvalue weighted by molar-refractivity contribution is 0.412. The quantitative estimate of drug-likeness (QED) is 0.780. The second-order valence-corrected chi connectivity index (χ2v) is 3.99. The molecule has 0 radical (unpaired) electrons. The summed E-state index contributed by atoms with van der Waals surface area (Å²) in [6, 6.07) is 8.71. The Morgan fingerprint density at radius 2 is 1.86 bits per heavy atom. The molecule has 0 aromatic heterocycles. The maximum atomic E-state index is 5.83. The van der Waals surface area contributed by atoms with Crippen LogP contribution in [0.2, 0.25) is 5.02 Å². The van der Waals surface area contributed by atoms with Crippen LogP contribution in [0.25, 0.3) is 0 Å². The molecule has 1 aromatic rings. The molecule has 1 heterocycles. The molecule has 1 aliphatic rings. The lowest BCUT2D eigenvalue weighted by atomic mass is 9.98. The Labute approximate surface area is 96.3 Å². The maximum absolute atomic E-state index is 5.83. The van der Waals surface area contributed by atoms with Gasteiger partial charge in [0.15, 0.2) is 0 Å². The molecular formula is C11H15Cl2N. The monoisotopic (exact) mass is 231 g/mol. The third kappa shape index (κ3) is 2.88. The molecule has 1 aliphatic heterocycles. The summed E-state index contributed by atoms with van der Waals surface area (Å²) in [5.41, 5.74) is 1.36. The zero-order valence-electron chi connectivity index (χ0n) is 8.00. The summed E-state index contributed by atoms with van der Waals surface area (Å²) in [5, 5.41) is 4.33. The highest BCUT2D eigenvalue weighted by Crippen LogP contribution is 2.23. The van der Waals surface area contributed by atoms with Crippen molar-refractivity contribution < 1.29 is 0 Å². The van der Waals surface area contributed by atoms with Gasteiger partial charge >= 0.3 is 0 Å². The topological polar surface area (TPSA) is 12.0 Å². The molecule has 2 rings (SSSR count). The van der Waals surface area contributed by atoms with Crippen LogP contribution in [0.15, 0.2) is 24.3 Å². The van der Waals surface area contributed by atoms with Gasteiger partial charge in [-0.05, 0) is 37.1 Å². The van der Waals surface area contributed by atoms with E-state index in [1.54, 1.807) is 0 Å². The first-order valence-electron chi connectivity index (χ1n) is 4.85. The normalized spacial score (nSPS) is 21.4. The van der Waals surface area contributed by atoms with Crippen LogP contribution < -0.4 is 5.32 Å². The molecule has 14 heavy (non-hydrogen) atoms. The van der Waals surface area contributed by atoms with Gasteiger partial charge in [-0.1, -0.05) is 30.2 Å². The van der Waals surface area contributed by atoms with E-state index in [1.807, 2.05) is 12.1 Å². The number of benzene rings is 1. The van der Waals surface area contributed by atoms with Gasteiger partial charge in [0, 0.05) is 11.1 Å². The van der Waals surface area contributed by atoms with Crippen molar-refractivity contribution in [2.75, 3.05) is 6.54 Å². The van der Waals surface area contributed by atoms with Gasteiger partial charge < -0.3 is 5.32 Å². The number of hydrogen-bond acceptors (Lipinski definition) is 1. The molecule has 0 bridgehead atoms. The molecule has 1 fully saturated rings. The number of hydrogen-bond donors (Lipinski definition) is 1. The van der Waals surface area contributed by atoms with Crippen LogP contribution in [0.5, 0.6) is 0 Å². The van der Waals surface area contributed by atoms with E-state index >= 15 is 0 Å². The van der Waals surface area contributed by atoms with Crippen LogP contribution in [-0.2, 0) is 0 Å². The molecule has 1 saturated heterocycles. The third-order valence-corrected chi connectivity index (χ3v) is 2.83. The van der Waals surface area contributed by atoms with Gasteiger partial charge in [0.05, 0.1) is 0 Å². The van der Waals surface area contributed by atoms with Crippen molar-refractivity contribution in [1.29, 1.82) is 0 Å². The van der Waals surface area contributed by atoms with Crippen LogP contribution in [0, 0.1) is 0 Å². The Hall–Kier alpha value is -0.240. The Bertz CT molecular complexity index is 265. The van der Waals surface area contributed by atoms with Gasteiger partial charge in [-0.2, -0.15) is 0 Å². The minimum absolute atomic E-state index is 0. The van der Waals surface area contributed by atoms with Crippen molar-refractivity contribution in [1.82, 2.24) is 5.32 Å². The molecular weight excluding hydrogens is 217 g/mol.